The number of benzene rings is 1. The molecule has 3 rings (SSSR count). The molecule has 23 heavy (non-hydrogen) atoms. The number of carbonyl (C=O) groups is 1. The minimum Gasteiger partial charge on any atom is -0.328 e. The molecule has 3 N–H and O–H groups in total. The summed E-state index contributed by atoms with van der Waals surface area (Å²) < 4.78 is 0.910. The predicted molar refractivity (Wildman–Crippen MR) is 96.3 cm³/mol. The van der Waals surface area contributed by atoms with Crippen molar-refractivity contribution in [3.63, 3.8) is 0 Å². The largest absolute Gasteiger partial charge is 0.328 e. The maximum Gasteiger partial charge on any atom is 0.227 e. The molecule has 0 bridgehead atoms. The van der Waals surface area contributed by atoms with Crippen molar-refractivity contribution in [2.75, 3.05) is 5.32 Å². The molecule has 8 heteroatoms. The summed E-state index contributed by atoms with van der Waals surface area (Å²) in [6, 6.07) is 7.96. The molecule has 0 radical (unpaired) electrons. The topological polar surface area (TPSA) is 80.9 Å². The Morgan fingerprint density at radius 1 is 1.30 bits per heavy atom. The number of hydrogen-bond donors (Lipinski definition) is 2. The first-order chi connectivity index (χ1) is 10.7. The van der Waals surface area contributed by atoms with Gasteiger partial charge in [0, 0.05) is 22.5 Å². The first-order valence-corrected chi connectivity index (χ1v) is 9.01. The Morgan fingerprint density at radius 3 is 2.74 bits per heavy atom. The highest BCUT2D eigenvalue weighted by molar-refractivity contribution is 8.01. The summed E-state index contributed by atoms with van der Waals surface area (Å²) in [5.41, 5.74) is 8.49. The summed E-state index contributed by atoms with van der Waals surface area (Å²) in [7, 11) is 0. The van der Waals surface area contributed by atoms with Gasteiger partial charge in [0.1, 0.15) is 5.51 Å². The smallest absolute Gasteiger partial charge is 0.227 e. The minimum absolute atomic E-state index is 0. The number of carbonyl (C=O) groups excluding carboxylic acids is 1. The van der Waals surface area contributed by atoms with Crippen LogP contribution in [0.2, 0.25) is 0 Å². The van der Waals surface area contributed by atoms with E-state index >= 15 is 0 Å². The molecule has 1 aliphatic rings. The Balaban J connectivity index is 0.00000192. The number of nitrogens with zero attached hydrogens (tertiary/aromatic N) is 2. The molecule has 0 saturated heterocycles. The molecule has 0 spiro atoms. The van der Waals surface area contributed by atoms with E-state index in [0.29, 0.717) is 0 Å². The Morgan fingerprint density at radius 2 is 2.09 bits per heavy atom. The molecule has 1 saturated carbocycles. The molecule has 5 nitrogen and oxygen atoms in total. The summed E-state index contributed by atoms with van der Waals surface area (Å²) in [6.45, 7) is 0. The standard InChI is InChI=1S/C15H18N4OS2.ClH/c16-11-3-1-2-10(8-11)14(20)18-12-4-6-13(7-5-12)22-15-19-17-9-21-15;/h4-7,9-11H,1-3,8,16H2,(H,18,20);1H. The Labute approximate surface area is 149 Å². The van der Waals surface area contributed by atoms with E-state index in [2.05, 4.69) is 15.5 Å². The van der Waals surface area contributed by atoms with Crippen LogP contribution in [0.15, 0.2) is 39.0 Å². The fourth-order valence-corrected chi connectivity index (χ4v) is 4.08. The van der Waals surface area contributed by atoms with E-state index in [0.717, 1.165) is 40.6 Å². The summed E-state index contributed by atoms with van der Waals surface area (Å²) in [6.07, 6.45) is 3.79. The molecule has 1 heterocycles. The number of anilines is 1. The van der Waals surface area contributed by atoms with Crippen molar-refractivity contribution in [3.8, 4) is 0 Å². The molecule has 0 aliphatic heterocycles. The summed E-state index contributed by atoms with van der Waals surface area (Å²) in [5, 5.41) is 10.8. The zero-order valence-corrected chi connectivity index (χ0v) is 14.9. The third-order valence-electron chi connectivity index (χ3n) is 3.75. The first-order valence-electron chi connectivity index (χ1n) is 7.31. The van der Waals surface area contributed by atoms with E-state index in [1.165, 1.54) is 11.3 Å². The quantitative estimate of drug-likeness (QED) is 0.859. The van der Waals surface area contributed by atoms with E-state index in [1.54, 1.807) is 17.3 Å². The van der Waals surface area contributed by atoms with Crippen molar-refractivity contribution < 1.29 is 4.79 Å². The highest BCUT2D eigenvalue weighted by atomic mass is 35.5. The van der Waals surface area contributed by atoms with Crippen molar-refractivity contribution in [1.82, 2.24) is 10.2 Å². The van der Waals surface area contributed by atoms with Crippen LogP contribution in [0.1, 0.15) is 25.7 Å². The number of rotatable bonds is 4. The lowest BCUT2D eigenvalue weighted by atomic mass is 9.85. The number of amides is 1. The van der Waals surface area contributed by atoms with Gasteiger partial charge in [0.25, 0.3) is 0 Å². The second-order valence-corrected chi connectivity index (χ2v) is 7.60. The third-order valence-corrected chi connectivity index (χ3v) is 5.54. The molecule has 124 valence electrons. The molecule has 1 amide bonds. The SMILES string of the molecule is Cl.NC1CCCC(C(=O)Nc2ccc(Sc3nncs3)cc2)C1. The van der Waals surface area contributed by atoms with Gasteiger partial charge in [0.15, 0.2) is 4.34 Å². The van der Waals surface area contributed by atoms with Crippen LogP contribution in [0.5, 0.6) is 0 Å². The van der Waals surface area contributed by atoms with E-state index in [-0.39, 0.29) is 30.3 Å². The van der Waals surface area contributed by atoms with Crippen molar-refractivity contribution >= 4 is 47.1 Å². The van der Waals surface area contributed by atoms with Gasteiger partial charge in [0.2, 0.25) is 5.91 Å². The molecule has 2 atom stereocenters. The van der Waals surface area contributed by atoms with Gasteiger partial charge in [-0.15, -0.1) is 22.6 Å². The second-order valence-electron chi connectivity index (χ2n) is 5.44. The Bertz CT molecular complexity index is 621. The lowest BCUT2D eigenvalue weighted by molar-refractivity contribution is -0.120. The fourth-order valence-electron chi connectivity index (χ4n) is 2.62. The van der Waals surface area contributed by atoms with Crippen LogP contribution in [-0.4, -0.2) is 22.1 Å². The number of aromatic nitrogens is 2. The highest BCUT2D eigenvalue weighted by Gasteiger charge is 2.25. The van der Waals surface area contributed by atoms with Gasteiger partial charge < -0.3 is 11.1 Å². The molecule has 1 aromatic carbocycles. The molecular formula is C15H19ClN4OS2. The molecule has 2 aromatic rings. The fraction of sp³-hybridized carbons (Fsp3) is 0.400. The lowest BCUT2D eigenvalue weighted by Crippen LogP contribution is -2.34. The van der Waals surface area contributed by atoms with Gasteiger partial charge in [-0.25, -0.2) is 0 Å². The van der Waals surface area contributed by atoms with Crippen LogP contribution in [-0.2, 0) is 4.79 Å². The van der Waals surface area contributed by atoms with Gasteiger partial charge in [0.05, 0.1) is 0 Å². The van der Waals surface area contributed by atoms with Crippen molar-refractivity contribution in [1.29, 1.82) is 0 Å². The normalized spacial score (nSPS) is 20.6. The van der Waals surface area contributed by atoms with Crippen LogP contribution >= 0.6 is 35.5 Å². The van der Waals surface area contributed by atoms with Gasteiger partial charge in [-0.05, 0) is 43.5 Å². The van der Waals surface area contributed by atoms with E-state index < -0.39 is 0 Å². The zero-order chi connectivity index (χ0) is 15.4. The molecule has 2 unspecified atom stereocenters. The van der Waals surface area contributed by atoms with Gasteiger partial charge >= 0.3 is 0 Å². The van der Waals surface area contributed by atoms with Crippen LogP contribution in [0.4, 0.5) is 5.69 Å². The maximum absolute atomic E-state index is 12.3. The second kappa shape index (κ2) is 8.63. The Hall–Kier alpha value is -1.15. The van der Waals surface area contributed by atoms with Crippen molar-refractivity contribution in [3.05, 3.63) is 29.8 Å². The number of nitrogens with one attached hydrogen (secondary N) is 1. The lowest BCUT2D eigenvalue weighted by Gasteiger charge is -2.25. The summed E-state index contributed by atoms with van der Waals surface area (Å²) >= 11 is 3.08. The molecule has 1 fully saturated rings. The number of hydrogen-bond acceptors (Lipinski definition) is 6. The zero-order valence-electron chi connectivity index (χ0n) is 12.5. The minimum atomic E-state index is 0. The van der Waals surface area contributed by atoms with Crippen LogP contribution < -0.4 is 11.1 Å². The Kier molecular flexibility index (Phi) is 6.83. The molecular weight excluding hydrogens is 352 g/mol. The average molecular weight is 371 g/mol. The van der Waals surface area contributed by atoms with Crippen LogP contribution in [0.3, 0.4) is 0 Å². The predicted octanol–water partition coefficient (Wildman–Crippen LogP) is 3.57. The summed E-state index contributed by atoms with van der Waals surface area (Å²) in [4.78, 5) is 13.3. The average Bonchev–Trinajstić information content (AvgIpc) is 3.02. The van der Waals surface area contributed by atoms with E-state index in [4.69, 9.17) is 5.73 Å². The van der Waals surface area contributed by atoms with Crippen molar-refractivity contribution in [2.24, 2.45) is 11.7 Å². The van der Waals surface area contributed by atoms with Gasteiger partial charge in [-0.2, -0.15) is 0 Å². The number of halogens is 1. The van der Waals surface area contributed by atoms with Crippen LogP contribution in [0, 0.1) is 5.92 Å². The maximum atomic E-state index is 12.3. The van der Waals surface area contributed by atoms with Gasteiger partial charge in [-0.3, -0.25) is 4.79 Å². The summed E-state index contributed by atoms with van der Waals surface area (Å²) in [5.74, 6) is 0.124. The highest BCUT2D eigenvalue weighted by Crippen LogP contribution is 2.29. The third kappa shape index (κ3) is 5.17. The first kappa shape index (κ1) is 18.2. The van der Waals surface area contributed by atoms with Gasteiger partial charge in [-0.1, -0.05) is 29.5 Å². The van der Waals surface area contributed by atoms with E-state index in [9.17, 15) is 4.79 Å². The monoisotopic (exact) mass is 370 g/mol. The van der Waals surface area contributed by atoms with Crippen molar-refractivity contribution in [2.45, 2.75) is 41.0 Å². The molecule has 1 aliphatic carbocycles. The van der Waals surface area contributed by atoms with Crippen LogP contribution in [0.25, 0.3) is 0 Å². The number of nitrogens with two attached hydrogens (primary N) is 1. The van der Waals surface area contributed by atoms with E-state index in [1.807, 2.05) is 24.3 Å². The molecule has 1 aromatic heterocycles.